The average molecular weight is 551 g/mol. The highest BCUT2D eigenvalue weighted by molar-refractivity contribution is 7.98. The molecule has 0 atom stereocenters. The van der Waals surface area contributed by atoms with Gasteiger partial charge in [-0.1, -0.05) is 59.2 Å². The van der Waals surface area contributed by atoms with E-state index >= 15 is 0 Å². The first-order valence-electron chi connectivity index (χ1n) is 10.6. The van der Waals surface area contributed by atoms with Gasteiger partial charge in [-0.05, 0) is 48.0 Å². The van der Waals surface area contributed by atoms with Gasteiger partial charge >= 0.3 is 5.97 Å². The predicted molar refractivity (Wildman–Crippen MR) is 142 cm³/mol. The summed E-state index contributed by atoms with van der Waals surface area (Å²) in [6.45, 7) is 0. The summed E-state index contributed by atoms with van der Waals surface area (Å²) in [5.74, 6) is -1.10. The van der Waals surface area contributed by atoms with Crippen LogP contribution in [0.4, 0.5) is 5.69 Å². The number of aromatic amines is 1. The maximum atomic E-state index is 12.6. The van der Waals surface area contributed by atoms with E-state index < -0.39 is 11.5 Å². The second-order valence-electron chi connectivity index (χ2n) is 7.66. The Balaban J connectivity index is 1.53. The summed E-state index contributed by atoms with van der Waals surface area (Å²) < 4.78 is 0. The first-order valence-corrected chi connectivity index (χ1v) is 12.4. The minimum absolute atomic E-state index is 0.0115. The van der Waals surface area contributed by atoms with Gasteiger partial charge in [0.05, 0.1) is 21.3 Å². The molecule has 37 heavy (non-hydrogen) atoms. The van der Waals surface area contributed by atoms with Crippen molar-refractivity contribution in [3.05, 3.63) is 109 Å². The fourth-order valence-corrected chi connectivity index (χ4v) is 4.47. The molecular formula is C26H16Cl2N4O4S. The summed E-state index contributed by atoms with van der Waals surface area (Å²) in [6, 6.07) is 19.5. The number of H-pyrrole nitrogens is 1. The molecule has 0 bridgehead atoms. The monoisotopic (exact) mass is 550 g/mol. The Morgan fingerprint density at radius 2 is 1.81 bits per heavy atom. The van der Waals surface area contributed by atoms with Crippen LogP contribution in [0.2, 0.25) is 10.0 Å². The summed E-state index contributed by atoms with van der Waals surface area (Å²) in [5.41, 5.74) is 1.36. The highest BCUT2D eigenvalue weighted by Crippen LogP contribution is 2.26. The van der Waals surface area contributed by atoms with E-state index in [0.29, 0.717) is 27.6 Å². The van der Waals surface area contributed by atoms with E-state index in [4.69, 9.17) is 23.2 Å². The second kappa shape index (κ2) is 11.3. The van der Waals surface area contributed by atoms with Crippen LogP contribution >= 0.6 is 35.0 Å². The molecule has 0 unspecified atom stereocenters. The van der Waals surface area contributed by atoms with Crippen molar-refractivity contribution in [3.8, 4) is 17.3 Å². The number of halogens is 2. The van der Waals surface area contributed by atoms with Crippen LogP contribution in [0.5, 0.6) is 0 Å². The number of hydrogen-bond acceptors (Lipinski definition) is 6. The SMILES string of the molecule is N#Cc1c(-c2cccc(C(=O)O)c2)nc(SCc2cccc(NC(=O)c3ccc(Cl)c(Cl)c3)c2)[nH]c1=O. The molecule has 0 saturated heterocycles. The zero-order valence-electron chi connectivity index (χ0n) is 18.8. The van der Waals surface area contributed by atoms with E-state index in [-0.39, 0.29) is 32.9 Å². The molecule has 0 radical (unpaired) electrons. The molecule has 1 heterocycles. The summed E-state index contributed by atoms with van der Waals surface area (Å²) in [4.78, 5) is 43.5. The number of hydrogen-bond donors (Lipinski definition) is 3. The van der Waals surface area contributed by atoms with Gasteiger partial charge in [0.2, 0.25) is 0 Å². The number of aromatic nitrogens is 2. The number of carboxylic acid groups (broad SMARTS) is 1. The zero-order valence-corrected chi connectivity index (χ0v) is 21.1. The number of carboxylic acids is 1. The molecule has 8 nitrogen and oxygen atoms in total. The van der Waals surface area contributed by atoms with Crippen LogP contribution in [0.15, 0.2) is 76.7 Å². The summed E-state index contributed by atoms with van der Waals surface area (Å²) in [5, 5.41) is 22.4. The minimum atomic E-state index is -1.13. The molecule has 4 aromatic rings. The van der Waals surface area contributed by atoms with Crippen LogP contribution in [-0.2, 0) is 5.75 Å². The highest BCUT2D eigenvalue weighted by Gasteiger charge is 2.16. The second-order valence-corrected chi connectivity index (χ2v) is 9.44. The Hall–Kier alpha value is -4.10. The van der Waals surface area contributed by atoms with E-state index in [1.807, 2.05) is 12.1 Å². The molecule has 0 saturated carbocycles. The van der Waals surface area contributed by atoms with Crippen LogP contribution in [0.1, 0.15) is 31.8 Å². The van der Waals surface area contributed by atoms with Crippen LogP contribution < -0.4 is 10.9 Å². The van der Waals surface area contributed by atoms with Crippen LogP contribution in [0.3, 0.4) is 0 Å². The van der Waals surface area contributed by atoms with E-state index in [9.17, 15) is 24.8 Å². The van der Waals surface area contributed by atoms with Gasteiger partial charge in [0.1, 0.15) is 11.6 Å². The topological polar surface area (TPSA) is 136 Å². The van der Waals surface area contributed by atoms with Crippen LogP contribution in [0, 0.1) is 11.3 Å². The smallest absolute Gasteiger partial charge is 0.335 e. The summed E-state index contributed by atoms with van der Waals surface area (Å²) in [7, 11) is 0. The van der Waals surface area contributed by atoms with E-state index in [2.05, 4.69) is 15.3 Å². The molecule has 0 aliphatic carbocycles. The Bertz CT molecular complexity index is 1630. The van der Waals surface area contributed by atoms with Crippen LogP contribution in [0.25, 0.3) is 11.3 Å². The van der Waals surface area contributed by atoms with Gasteiger partial charge in [0, 0.05) is 22.6 Å². The number of thioether (sulfide) groups is 1. The van der Waals surface area contributed by atoms with Crippen molar-refractivity contribution in [2.24, 2.45) is 0 Å². The van der Waals surface area contributed by atoms with Gasteiger partial charge in [-0.3, -0.25) is 9.59 Å². The number of nitrogens with zero attached hydrogens (tertiary/aromatic N) is 2. The minimum Gasteiger partial charge on any atom is -0.478 e. The Morgan fingerprint density at radius 1 is 1.03 bits per heavy atom. The van der Waals surface area contributed by atoms with Crippen molar-refractivity contribution in [1.29, 1.82) is 5.26 Å². The molecule has 4 rings (SSSR count). The molecule has 0 spiro atoms. The number of nitriles is 1. The third-order valence-electron chi connectivity index (χ3n) is 5.13. The molecule has 3 N–H and O–H groups in total. The fraction of sp³-hybridized carbons (Fsp3) is 0.0385. The van der Waals surface area contributed by atoms with Crippen molar-refractivity contribution in [1.82, 2.24) is 9.97 Å². The molecule has 0 fully saturated rings. The van der Waals surface area contributed by atoms with Gasteiger partial charge in [-0.25, -0.2) is 9.78 Å². The van der Waals surface area contributed by atoms with Gasteiger partial charge in [-0.2, -0.15) is 5.26 Å². The standard InChI is InChI=1S/C26H16Cl2N4O4S/c27-20-8-7-16(11-21(20)28)23(33)30-18-6-1-3-14(9-18)13-37-26-31-22(19(12-29)24(34)32-26)15-4-2-5-17(10-15)25(35)36/h1-11H,13H2,(H,30,33)(H,35,36)(H,31,32,34). The van der Waals surface area contributed by atoms with Crippen LogP contribution in [-0.4, -0.2) is 27.0 Å². The molecule has 1 aromatic heterocycles. The summed E-state index contributed by atoms with van der Waals surface area (Å²) >= 11 is 13.1. The Kier molecular flexibility index (Phi) is 7.94. The van der Waals surface area contributed by atoms with E-state index in [0.717, 1.165) is 5.56 Å². The van der Waals surface area contributed by atoms with Crippen molar-refractivity contribution in [3.63, 3.8) is 0 Å². The number of aromatic carboxylic acids is 1. The maximum Gasteiger partial charge on any atom is 0.335 e. The van der Waals surface area contributed by atoms with Gasteiger partial charge < -0.3 is 15.4 Å². The lowest BCUT2D eigenvalue weighted by Crippen LogP contribution is -2.15. The number of nitrogens with one attached hydrogen (secondary N) is 2. The Labute approximate surface area is 224 Å². The lowest BCUT2D eigenvalue weighted by molar-refractivity contribution is 0.0696. The van der Waals surface area contributed by atoms with E-state index in [1.54, 1.807) is 36.4 Å². The number of amides is 1. The molecule has 1 amide bonds. The number of carbonyl (C=O) groups excluding carboxylic acids is 1. The third kappa shape index (κ3) is 6.19. The van der Waals surface area contributed by atoms with Crippen molar-refractivity contribution in [2.45, 2.75) is 10.9 Å². The maximum absolute atomic E-state index is 12.6. The largest absolute Gasteiger partial charge is 0.478 e. The molecular weight excluding hydrogens is 535 g/mol. The molecule has 0 aliphatic rings. The third-order valence-corrected chi connectivity index (χ3v) is 6.82. The van der Waals surface area contributed by atoms with E-state index in [1.165, 1.54) is 36.0 Å². The molecule has 0 aliphatic heterocycles. The van der Waals surface area contributed by atoms with Crippen molar-refractivity contribution in [2.75, 3.05) is 5.32 Å². The number of benzene rings is 3. The Morgan fingerprint density at radius 3 is 2.54 bits per heavy atom. The average Bonchev–Trinajstić information content (AvgIpc) is 2.89. The molecule has 3 aromatic carbocycles. The van der Waals surface area contributed by atoms with Crippen molar-refractivity contribution >= 4 is 52.5 Å². The first kappa shape index (κ1) is 26.0. The van der Waals surface area contributed by atoms with Gasteiger partial charge in [0.15, 0.2) is 5.16 Å². The van der Waals surface area contributed by atoms with Gasteiger partial charge in [0.25, 0.3) is 11.5 Å². The predicted octanol–water partition coefficient (Wildman–Crippen LogP) is 5.86. The summed E-state index contributed by atoms with van der Waals surface area (Å²) in [6.07, 6.45) is 0. The highest BCUT2D eigenvalue weighted by atomic mass is 35.5. The number of carbonyl (C=O) groups is 2. The first-order chi connectivity index (χ1) is 17.7. The zero-order chi connectivity index (χ0) is 26.5. The number of rotatable bonds is 7. The van der Waals surface area contributed by atoms with Gasteiger partial charge in [-0.15, -0.1) is 0 Å². The normalized spacial score (nSPS) is 10.5. The lowest BCUT2D eigenvalue weighted by atomic mass is 10.0. The quantitative estimate of drug-likeness (QED) is 0.193. The molecule has 11 heteroatoms. The van der Waals surface area contributed by atoms with Crippen molar-refractivity contribution < 1.29 is 14.7 Å². The molecule has 184 valence electrons. The fourth-order valence-electron chi connectivity index (χ4n) is 3.36. The lowest BCUT2D eigenvalue weighted by Gasteiger charge is -2.09. The number of anilines is 1.